The van der Waals surface area contributed by atoms with E-state index < -0.39 is 0 Å². The predicted octanol–water partition coefficient (Wildman–Crippen LogP) is 4.53. The smallest absolute Gasteiger partial charge is 0.252 e. The number of amides is 1. The second-order valence-corrected chi connectivity index (χ2v) is 6.42. The van der Waals surface area contributed by atoms with Crippen molar-refractivity contribution in [1.29, 1.82) is 0 Å². The van der Waals surface area contributed by atoms with E-state index >= 15 is 0 Å². The molecule has 0 aliphatic carbocycles. The van der Waals surface area contributed by atoms with Crippen LogP contribution in [-0.2, 0) is 0 Å². The van der Waals surface area contributed by atoms with Gasteiger partial charge in [0.05, 0.1) is 6.04 Å². The Morgan fingerprint density at radius 2 is 1.76 bits per heavy atom. The lowest BCUT2D eigenvalue weighted by Crippen LogP contribution is -2.30. The number of aromatic nitrogens is 1. The lowest BCUT2D eigenvalue weighted by atomic mass is 9.94. The minimum atomic E-state index is -0.235. The Balaban J connectivity index is 2.00. The van der Waals surface area contributed by atoms with Crippen LogP contribution in [-0.4, -0.2) is 10.9 Å². The molecule has 0 aliphatic rings. The van der Waals surface area contributed by atoms with Gasteiger partial charge in [-0.05, 0) is 55.7 Å². The van der Waals surface area contributed by atoms with Gasteiger partial charge in [-0.25, -0.2) is 0 Å². The molecule has 0 spiro atoms. The number of carbonyl (C=O) groups is 1. The summed E-state index contributed by atoms with van der Waals surface area (Å²) in [5, 5.41) is 3.18. The van der Waals surface area contributed by atoms with E-state index in [-0.39, 0.29) is 11.9 Å². The normalized spacial score (nSPS) is 11.8. The number of nitrogens with zero attached hydrogens (tertiary/aromatic N) is 1. The molecule has 1 atom stereocenters. The van der Waals surface area contributed by atoms with Crippen molar-refractivity contribution in [3.8, 4) is 0 Å². The van der Waals surface area contributed by atoms with Crippen molar-refractivity contribution in [3.05, 3.63) is 100 Å². The Bertz CT molecular complexity index is 888. The lowest BCUT2D eigenvalue weighted by Gasteiger charge is -2.22. The molecule has 0 radical (unpaired) electrons. The highest BCUT2D eigenvalue weighted by atomic mass is 16.1. The van der Waals surface area contributed by atoms with Crippen molar-refractivity contribution in [1.82, 2.24) is 10.3 Å². The average Bonchev–Trinajstić information content (AvgIpc) is 2.62. The first-order valence-corrected chi connectivity index (χ1v) is 8.39. The molecule has 3 aromatic rings. The number of carbonyl (C=O) groups excluding carboxylic acids is 1. The zero-order chi connectivity index (χ0) is 17.8. The fourth-order valence-corrected chi connectivity index (χ4v) is 2.96. The molecule has 3 heteroatoms. The van der Waals surface area contributed by atoms with Gasteiger partial charge in [0.25, 0.3) is 5.91 Å². The van der Waals surface area contributed by atoms with E-state index in [0.717, 1.165) is 22.3 Å². The molecule has 1 aromatic heterocycles. The highest BCUT2D eigenvalue weighted by Crippen LogP contribution is 2.26. The number of pyridine rings is 1. The summed E-state index contributed by atoms with van der Waals surface area (Å²) < 4.78 is 0. The van der Waals surface area contributed by atoms with Crippen LogP contribution in [0.1, 0.15) is 44.2 Å². The molecule has 1 heterocycles. The molecule has 25 heavy (non-hydrogen) atoms. The van der Waals surface area contributed by atoms with E-state index in [0.29, 0.717) is 5.56 Å². The Kier molecular flexibility index (Phi) is 4.94. The largest absolute Gasteiger partial charge is 0.341 e. The van der Waals surface area contributed by atoms with Gasteiger partial charge in [0.15, 0.2) is 0 Å². The van der Waals surface area contributed by atoms with Gasteiger partial charge in [-0.1, -0.05) is 47.5 Å². The summed E-state index contributed by atoms with van der Waals surface area (Å²) in [5.74, 6) is -0.0848. The molecule has 0 aliphatic heterocycles. The highest BCUT2D eigenvalue weighted by molar-refractivity contribution is 5.94. The van der Waals surface area contributed by atoms with Gasteiger partial charge in [0.1, 0.15) is 0 Å². The maximum Gasteiger partial charge on any atom is 0.252 e. The maximum atomic E-state index is 12.8. The molecular weight excluding hydrogens is 308 g/mol. The van der Waals surface area contributed by atoms with Gasteiger partial charge in [0.2, 0.25) is 0 Å². The lowest BCUT2D eigenvalue weighted by molar-refractivity contribution is 0.0943. The van der Waals surface area contributed by atoms with Crippen molar-refractivity contribution in [2.45, 2.75) is 26.8 Å². The predicted molar refractivity (Wildman–Crippen MR) is 101 cm³/mol. The van der Waals surface area contributed by atoms with Gasteiger partial charge in [-0.2, -0.15) is 0 Å². The molecule has 126 valence electrons. The molecule has 3 rings (SSSR count). The summed E-state index contributed by atoms with van der Waals surface area (Å²) >= 11 is 0. The molecule has 0 bridgehead atoms. The summed E-state index contributed by atoms with van der Waals surface area (Å²) in [7, 11) is 0. The van der Waals surface area contributed by atoms with Crippen molar-refractivity contribution in [2.24, 2.45) is 0 Å². The van der Waals surface area contributed by atoms with E-state index in [1.807, 2.05) is 49.5 Å². The number of rotatable bonds is 4. The van der Waals surface area contributed by atoms with Crippen LogP contribution < -0.4 is 5.32 Å². The number of hydrogen-bond acceptors (Lipinski definition) is 2. The second kappa shape index (κ2) is 7.31. The SMILES string of the molecule is Cc1cccc(C(=O)N[C@@H](c2cccnc2)c2cc(C)ccc2C)c1. The summed E-state index contributed by atoms with van der Waals surface area (Å²) in [6, 6.07) is 17.6. The fraction of sp³-hybridized carbons (Fsp3) is 0.182. The molecule has 0 saturated carbocycles. The van der Waals surface area contributed by atoms with Crippen LogP contribution in [0, 0.1) is 20.8 Å². The third-order valence-corrected chi connectivity index (χ3v) is 4.32. The van der Waals surface area contributed by atoms with Gasteiger partial charge in [-0.3, -0.25) is 9.78 Å². The summed E-state index contributed by atoms with van der Waals surface area (Å²) in [5.41, 5.74) is 6.10. The minimum Gasteiger partial charge on any atom is -0.341 e. The molecule has 0 saturated heterocycles. The first-order valence-electron chi connectivity index (χ1n) is 8.39. The number of aryl methyl sites for hydroxylation is 3. The Morgan fingerprint density at radius 3 is 2.48 bits per heavy atom. The quantitative estimate of drug-likeness (QED) is 0.764. The van der Waals surface area contributed by atoms with Crippen LogP contribution in [0.3, 0.4) is 0 Å². The van der Waals surface area contributed by atoms with Crippen molar-refractivity contribution < 1.29 is 4.79 Å². The van der Waals surface area contributed by atoms with E-state index in [1.54, 1.807) is 6.20 Å². The third-order valence-electron chi connectivity index (χ3n) is 4.32. The van der Waals surface area contributed by atoms with Crippen molar-refractivity contribution in [2.75, 3.05) is 0 Å². The van der Waals surface area contributed by atoms with Gasteiger partial charge >= 0.3 is 0 Å². The molecule has 3 nitrogen and oxygen atoms in total. The summed E-state index contributed by atoms with van der Waals surface area (Å²) in [6.45, 7) is 6.11. The summed E-state index contributed by atoms with van der Waals surface area (Å²) in [6.07, 6.45) is 3.55. The topological polar surface area (TPSA) is 42.0 Å². The standard InChI is InChI=1S/C22H22N2O/c1-15-6-4-7-18(12-15)22(25)24-21(19-8-5-11-23-14-19)20-13-16(2)9-10-17(20)3/h4-14,21H,1-3H3,(H,24,25)/t21-/m0/s1. The zero-order valence-electron chi connectivity index (χ0n) is 14.8. The molecule has 0 unspecified atom stereocenters. The van der Waals surface area contributed by atoms with Crippen LogP contribution in [0.15, 0.2) is 67.0 Å². The summed E-state index contributed by atoms with van der Waals surface area (Å²) in [4.78, 5) is 17.0. The molecular formula is C22H22N2O. The van der Waals surface area contributed by atoms with E-state index in [1.165, 1.54) is 5.56 Å². The van der Waals surface area contributed by atoms with Crippen LogP contribution in [0.4, 0.5) is 0 Å². The number of hydrogen-bond donors (Lipinski definition) is 1. The molecule has 1 N–H and O–H groups in total. The maximum absolute atomic E-state index is 12.8. The zero-order valence-corrected chi connectivity index (χ0v) is 14.8. The van der Waals surface area contributed by atoms with Crippen LogP contribution in [0.2, 0.25) is 0 Å². The van der Waals surface area contributed by atoms with Crippen molar-refractivity contribution >= 4 is 5.91 Å². The van der Waals surface area contributed by atoms with E-state index in [2.05, 4.69) is 42.3 Å². The van der Waals surface area contributed by atoms with Gasteiger partial charge < -0.3 is 5.32 Å². The molecule has 1 amide bonds. The Hall–Kier alpha value is -2.94. The number of nitrogens with one attached hydrogen (secondary N) is 1. The second-order valence-electron chi connectivity index (χ2n) is 6.42. The fourth-order valence-electron chi connectivity index (χ4n) is 2.96. The minimum absolute atomic E-state index is 0.0848. The number of benzene rings is 2. The van der Waals surface area contributed by atoms with E-state index in [9.17, 15) is 4.79 Å². The Morgan fingerprint density at radius 1 is 0.960 bits per heavy atom. The third kappa shape index (κ3) is 3.94. The molecule has 2 aromatic carbocycles. The van der Waals surface area contributed by atoms with Crippen LogP contribution in [0.5, 0.6) is 0 Å². The van der Waals surface area contributed by atoms with E-state index in [4.69, 9.17) is 0 Å². The Labute approximate surface area is 148 Å². The average molecular weight is 330 g/mol. The molecule has 0 fully saturated rings. The highest BCUT2D eigenvalue weighted by Gasteiger charge is 2.20. The monoisotopic (exact) mass is 330 g/mol. The van der Waals surface area contributed by atoms with Crippen LogP contribution >= 0.6 is 0 Å². The van der Waals surface area contributed by atoms with Crippen molar-refractivity contribution in [3.63, 3.8) is 0 Å². The van der Waals surface area contributed by atoms with Crippen LogP contribution in [0.25, 0.3) is 0 Å². The first kappa shape index (κ1) is 16.9. The first-order chi connectivity index (χ1) is 12.0. The van der Waals surface area contributed by atoms with Gasteiger partial charge in [-0.15, -0.1) is 0 Å². The van der Waals surface area contributed by atoms with Gasteiger partial charge in [0, 0.05) is 18.0 Å².